The van der Waals surface area contributed by atoms with Gasteiger partial charge in [0.05, 0.1) is 12.6 Å². The number of hydrogen-bond donors (Lipinski definition) is 2. The van der Waals surface area contributed by atoms with E-state index >= 15 is 0 Å². The molecule has 0 aromatic heterocycles. The maximum absolute atomic E-state index is 12.7. The fourth-order valence-corrected chi connectivity index (χ4v) is 3.71. The molecule has 1 saturated heterocycles. The molecule has 6 nitrogen and oxygen atoms in total. The van der Waals surface area contributed by atoms with Gasteiger partial charge in [0, 0.05) is 18.1 Å². The number of ether oxygens (including phenoxy) is 2. The molecule has 2 fully saturated rings. The highest BCUT2D eigenvalue weighted by atomic mass is 16.5. The summed E-state index contributed by atoms with van der Waals surface area (Å²) >= 11 is 0. The average Bonchev–Trinajstić information content (AvgIpc) is 2.93. The van der Waals surface area contributed by atoms with Gasteiger partial charge < -0.3 is 20.5 Å². The van der Waals surface area contributed by atoms with Crippen LogP contribution in [0.25, 0.3) is 0 Å². The van der Waals surface area contributed by atoms with Crippen molar-refractivity contribution in [1.29, 1.82) is 0 Å². The highest BCUT2D eigenvalue weighted by molar-refractivity contribution is 5.92. The van der Waals surface area contributed by atoms with E-state index in [4.69, 9.17) is 15.2 Å². The van der Waals surface area contributed by atoms with E-state index < -0.39 is 5.91 Å². The van der Waals surface area contributed by atoms with Gasteiger partial charge >= 0.3 is 0 Å². The van der Waals surface area contributed by atoms with E-state index in [0.29, 0.717) is 24.5 Å². The van der Waals surface area contributed by atoms with Crippen molar-refractivity contribution in [3.05, 3.63) is 29.8 Å². The van der Waals surface area contributed by atoms with Crippen molar-refractivity contribution in [2.45, 2.75) is 57.1 Å². The van der Waals surface area contributed by atoms with Crippen molar-refractivity contribution in [3.63, 3.8) is 0 Å². The first-order valence-electron chi connectivity index (χ1n) is 9.58. The van der Waals surface area contributed by atoms with Crippen LogP contribution in [0.2, 0.25) is 0 Å². The van der Waals surface area contributed by atoms with Gasteiger partial charge in [-0.25, -0.2) is 0 Å². The van der Waals surface area contributed by atoms with Gasteiger partial charge in [-0.15, -0.1) is 0 Å². The lowest BCUT2D eigenvalue weighted by atomic mass is 9.97. The Morgan fingerprint density at radius 3 is 2.38 bits per heavy atom. The Labute approximate surface area is 154 Å². The van der Waals surface area contributed by atoms with Gasteiger partial charge in [0.1, 0.15) is 11.9 Å². The molecule has 0 radical (unpaired) electrons. The number of benzene rings is 1. The van der Waals surface area contributed by atoms with Crippen LogP contribution in [0.3, 0.4) is 0 Å². The Morgan fingerprint density at radius 1 is 1.04 bits per heavy atom. The second-order valence-corrected chi connectivity index (χ2v) is 7.21. The number of nitrogens with one attached hydrogen (secondary N) is 1. The van der Waals surface area contributed by atoms with Crippen LogP contribution in [-0.2, 0) is 9.53 Å². The first kappa shape index (κ1) is 18.7. The summed E-state index contributed by atoms with van der Waals surface area (Å²) in [4.78, 5) is 23.8. The largest absolute Gasteiger partial charge is 0.486 e. The molecule has 0 bridgehead atoms. The third-order valence-corrected chi connectivity index (χ3v) is 5.28. The van der Waals surface area contributed by atoms with E-state index in [1.807, 2.05) is 0 Å². The van der Waals surface area contributed by atoms with Crippen molar-refractivity contribution in [2.24, 2.45) is 11.7 Å². The highest BCUT2D eigenvalue weighted by Crippen LogP contribution is 2.24. The second kappa shape index (κ2) is 9.03. The van der Waals surface area contributed by atoms with Gasteiger partial charge in [-0.1, -0.05) is 25.7 Å². The van der Waals surface area contributed by atoms with Crippen LogP contribution in [-0.4, -0.2) is 37.2 Å². The van der Waals surface area contributed by atoms with E-state index in [1.165, 1.54) is 12.8 Å². The minimum absolute atomic E-state index is 0.0599. The SMILES string of the molecule is NC(=O)c1ccc(O[C@@H]2COCC[C@H]2NC(=O)C2CCCCCC2)cc1. The van der Waals surface area contributed by atoms with Gasteiger partial charge in [-0.3, -0.25) is 9.59 Å². The summed E-state index contributed by atoms with van der Waals surface area (Å²) in [6.07, 6.45) is 7.20. The Hall–Kier alpha value is -2.08. The van der Waals surface area contributed by atoms with Crippen LogP contribution in [0.4, 0.5) is 0 Å². The zero-order chi connectivity index (χ0) is 18.4. The zero-order valence-electron chi connectivity index (χ0n) is 15.1. The molecule has 26 heavy (non-hydrogen) atoms. The van der Waals surface area contributed by atoms with E-state index in [0.717, 1.165) is 32.1 Å². The molecule has 1 saturated carbocycles. The van der Waals surface area contributed by atoms with Gasteiger partial charge in [-0.05, 0) is 43.5 Å². The molecular weight excluding hydrogens is 332 g/mol. The number of primary amides is 1. The summed E-state index contributed by atoms with van der Waals surface area (Å²) in [5.74, 6) is 0.442. The van der Waals surface area contributed by atoms with Crippen LogP contribution >= 0.6 is 0 Å². The molecule has 2 atom stereocenters. The average molecular weight is 360 g/mol. The monoisotopic (exact) mass is 360 g/mol. The lowest BCUT2D eigenvalue weighted by molar-refractivity contribution is -0.128. The second-order valence-electron chi connectivity index (χ2n) is 7.21. The fraction of sp³-hybridized carbons (Fsp3) is 0.600. The molecule has 1 heterocycles. The zero-order valence-corrected chi connectivity index (χ0v) is 15.1. The maximum Gasteiger partial charge on any atom is 0.248 e. The molecule has 142 valence electrons. The molecule has 1 aliphatic heterocycles. The van der Waals surface area contributed by atoms with Crippen LogP contribution < -0.4 is 15.8 Å². The summed E-state index contributed by atoms with van der Waals surface area (Å²) in [6, 6.07) is 6.66. The maximum atomic E-state index is 12.7. The lowest BCUT2D eigenvalue weighted by Gasteiger charge is -2.33. The predicted molar refractivity (Wildman–Crippen MR) is 97.9 cm³/mol. The third kappa shape index (κ3) is 4.97. The number of amides is 2. The minimum Gasteiger partial charge on any atom is -0.486 e. The van der Waals surface area contributed by atoms with Crippen LogP contribution in [0, 0.1) is 5.92 Å². The molecule has 2 aliphatic rings. The van der Waals surface area contributed by atoms with Gasteiger partial charge in [0.25, 0.3) is 0 Å². The van der Waals surface area contributed by atoms with E-state index in [2.05, 4.69) is 5.32 Å². The summed E-state index contributed by atoms with van der Waals surface area (Å²) in [7, 11) is 0. The summed E-state index contributed by atoms with van der Waals surface area (Å²) < 4.78 is 11.6. The van der Waals surface area contributed by atoms with Crippen LogP contribution in [0.5, 0.6) is 5.75 Å². The fourth-order valence-electron chi connectivity index (χ4n) is 3.71. The van der Waals surface area contributed by atoms with Crippen LogP contribution in [0.15, 0.2) is 24.3 Å². The van der Waals surface area contributed by atoms with Gasteiger partial charge in [0.2, 0.25) is 11.8 Å². The van der Waals surface area contributed by atoms with Gasteiger partial charge in [-0.2, -0.15) is 0 Å². The smallest absolute Gasteiger partial charge is 0.248 e. The van der Waals surface area contributed by atoms with Crippen LogP contribution in [0.1, 0.15) is 55.3 Å². The Morgan fingerprint density at radius 2 is 1.73 bits per heavy atom. The molecule has 1 aromatic carbocycles. The number of nitrogens with two attached hydrogens (primary N) is 1. The lowest BCUT2D eigenvalue weighted by Crippen LogP contribution is -2.52. The first-order chi connectivity index (χ1) is 12.6. The number of hydrogen-bond acceptors (Lipinski definition) is 4. The molecule has 0 spiro atoms. The molecule has 6 heteroatoms. The summed E-state index contributed by atoms with van der Waals surface area (Å²) in [6.45, 7) is 1.06. The first-order valence-corrected chi connectivity index (χ1v) is 9.58. The Kier molecular flexibility index (Phi) is 6.50. The van der Waals surface area contributed by atoms with E-state index in [-0.39, 0.29) is 24.0 Å². The van der Waals surface area contributed by atoms with Crippen molar-refractivity contribution >= 4 is 11.8 Å². The van der Waals surface area contributed by atoms with Crippen molar-refractivity contribution in [1.82, 2.24) is 5.32 Å². The molecular formula is C20H28N2O4. The Bertz CT molecular complexity index is 609. The van der Waals surface area contributed by atoms with Gasteiger partial charge in [0.15, 0.2) is 0 Å². The molecule has 0 unspecified atom stereocenters. The minimum atomic E-state index is -0.467. The van der Waals surface area contributed by atoms with Crippen molar-refractivity contribution < 1.29 is 19.1 Å². The molecule has 2 amide bonds. The summed E-state index contributed by atoms with van der Waals surface area (Å²) in [5, 5.41) is 3.20. The molecule has 1 aliphatic carbocycles. The van der Waals surface area contributed by atoms with E-state index in [9.17, 15) is 9.59 Å². The highest BCUT2D eigenvalue weighted by Gasteiger charge is 2.31. The quantitative estimate of drug-likeness (QED) is 0.789. The normalized spacial score (nSPS) is 24.5. The number of carbonyl (C=O) groups excluding carboxylic acids is 2. The number of carbonyl (C=O) groups is 2. The molecule has 1 aromatic rings. The van der Waals surface area contributed by atoms with Crippen molar-refractivity contribution in [2.75, 3.05) is 13.2 Å². The van der Waals surface area contributed by atoms with E-state index in [1.54, 1.807) is 24.3 Å². The summed E-state index contributed by atoms with van der Waals surface area (Å²) in [5.41, 5.74) is 5.70. The van der Waals surface area contributed by atoms with Crippen molar-refractivity contribution in [3.8, 4) is 5.75 Å². The third-order valence-electron chi connectivity index (χ3n) is 5.28. The topological polar surface area (TPSA) is 90.7 Å². The predicted octanol–water partition coefficient (Wildman–Crippen LogP) is 2.41. The molecule has 3 N–H and O–H groups in total. The standard InChI is InChI=1S/C20H28N2O4/c21-19(23)14-7-9-16(10-8-14)26-18-13-25-12-11-17(18)22-20(24)15-5-3-1-2-4-6-15/h7-10,15,17-18H,1-6,11-13H2,(H2,21,23)(H,22,24)/t17-,18-/m1/s1. The number of rotatable bonds is 5. The molecule has 3 rings (SSSR count). The Balaban J connectivity index is 1.60.